The van der Waals surface area contributed by atoms with E-state index in [9.17, 15) is 4.79 Å². The zero-order chi connectivity index (χ0) is 17.4. The minimum absolute atomic E-state index is 0.158. The standard InChI is InChI=1S/C18H13Cl2NOS2/c1-10-6-7-11(2)15(8-10)21-17(22)16(24-18(21)23)9-12-13(19)4-3-5-14(12)20/h3-9H,1-2H3/b16-9-. The van der Waals surface area contributed by atoms with Gasteiger partial charge in [-0.3, -0.25) is 9.69 Å². The van der Waals surface area contributed by atoms with Crippen molar-refractivity contribution in [2.24, 2.45) is 0 Å². The molecule has 1 fully saturated rings. The first-order chi connectivity index (χ1) is 11.4. The molecular formula is C18H13Cl2NOS2. The largest absolute Gasteiger partial charge is 0.270 e. The Kier molecular flexibility index (Phi) is 5.02. The molecule has 1 saturated heterocycles. The Morgan fingerprint density at radius 2 is 1.79 bits per heavy atom. The topological polar surface area (TPSA) is 20.3 Å². The molecule has 2 aromatic rings. The molecule has 0 atom stereocenters. The molecule has 1 amide bonds. The van der Waals surface area contributed by atoms with Crippen molar-refractivity contribution >= 4 is 69.2 Å². The summed E-state index contributed by atoms with van der Waals surface area (Å²) in [5, 5.41) is 0.999. The van der Waals surface area contributed by atoms with Crippen LogP contribution in [0.25, 0.3) is 6.08 Å². The first-order valence-electron chi connectivity index (χ1n) is 7.17. The van der Waals surface area contributed by atoms with E-state index in [0.717, 1.165) is 16.8 Å². The minimum Gasteiger partial charge on any atom is -0.268 e. The molecule has 122 valence electrons. The van der Waals surface area contributed by atoms with Crippen LogP contribution in [0.1, 0.15) is 16.7 Å². The van der Waals surface area contributed by atoms with Gasteiger partial charge in [-0.15, -0.1) is 0 Å². The third kappa shape index (κ3) is 3.24. The average molecular weight is 394 g/mol. The highest BCUT2D eigenvalue weighted by Crippen LogP contribution is 2.39. The Balaban J connectivity index is 2.04. The summed E-state index contributed by atoms with van der Waals surface area (Å²) < 4.78 is 0.503. The number of hydrogen-bond acceptors (Lipinski definition) is 3. The van der Waals surface area contributed by atoms with Crippen LogP contribution >= 0.6 is 47.2 Å². The highest BCUT2D eigenvalue weighted by Gasteiger charge is 2.34. The Morgan fingerprint density at radius 1 is 1.12 bits per heavy atom. The maximum absolute atomic E-state index is 12.9. The number of benzene rings is 2. The Bertz CT molecular complexity index is 872. The van der Waals surface area contributed by atoms with Crippen molar-refractivity contribution < 1.29 is 4.79 Å². The predicted octanol–water partition coefficient (Wildman–Crippen LogP) is 6.02. The van der Waals surface area contributed by atoms with Crippen LogP contribution in [0.3, 0.4) is 0 Å². The van der Waals surface area contributed by atoms with Gasteiger partial charge in [0, 0.05) is 15.6 Å². The van der Waals surface area contributed by atoms with Crippen molar-refractivity contribution in [3.8, 4) is 0 Å². The maximum Gasteiger partial charge on any atom is 0.270 e. The normalized spacial score (nSPS) is 16.3. The van der Waals surface area contributed by atoms with Crippen LogP contribution in [-0.2, 0) is 4.79 Å². The predicted molar refractivity (Wildman–Crippen MR) is 108 cm³/mol. The number of anilines is 1. The van der Waals surface area contributed by atoms with Crippen molar-refractivity contribution in [2.75, 3.05) is 4.90 Å². The molecule has 24 heavy (non-hydrogen) atoms. The monoisotopic (exact) mass is 393 g/mol. The van der Waals surface area contributed by atoms with Gasteiger partial charge in [0.25, 0.3) is 5.91 Å². The molecule has 0 saturated carbocycles. The van der Waals surface area contributed by atoms with E-state index in [0.29, 0.717) is 24.8 Å². The van der Waals surface area contributed by atoms with Gasteiger partial charge in [0.2, 0.25) is 0 Å². The lowest BCUT2D eigenvalue weighted by Crippen LogP contribution is -2.28. The molecule has 2 aromatic carbocycles. The smallest absolute Gasteiger partial charge is 0.268 e. The fourth-order valence-electron chi connectivity index (χ4n) is 2.42. The number of carbonyl (C=O) groups is 1. The molecule has 1 aliphatic heterocycles. The lowest BCUT2D eigenvalue weighted by Gasteiger charge is -2.17. The number of aryl methyl sites for hydroxylation is 2. The molecule has 0 spiro atoms. The molecule has 3 rings (SSSR count). The summed E-state index contributed by atoms with van der Waals surface area (Å²) in [6.07, 6.45) is 1.70. The van der Waals surface area contributed by atoms with Crippen LogP contribution in [0.2, 0.25) is 10.0 Å². The van der Waals surface area contributed by atoms with Crippen LogP contribution in [0, 0.1) is 13.8 Å². The summed E-state index contributed by atoms with van der Waals surface area (Å²) in [7, 11) is 0. The van der Waals surface area contributed by atoms with Crippen LogP contribution in [0.5, 0.6) is 0 Å². The number of carbonyl (C=O) groups excluding carboxylic acids is 1. The molecule has 0 radical (unpaired) electrons. The summed E-state index contributed by atoms with van der Waals surface area (Å²) in [5.41, 5.74) is 3.50. The molecule has 2 nitrogen and oxygen atoms in total. The Hall–Kier alpha value is -1.33. The van der Waals surface area contributed by atoms with Gasteiger partial charge in [0.05, 0.1) is 10.6 Å². The molecule has 6 heteroatoms. The van der Waals surface area contributed by atoms with E-state index < -0.39 is 0 Å². The van der Waals surface area contributed by atoms with Crippen molar-refractivity contribution in [3.05, 3.63) is 68.0 Å². The molecule has 1 aliphatic rings. The van der Waals surface area contributed by atoms with Crippen molar-refractivity contribution in [1.82, 2.24) is 0 Å². The first-order valence-corrected chi connectivity index (χ1v) is 9.16. The number of thioether (sulfide) groups is 1. The van der Waals surface area contributed by atoms with E-state index >= 15 is 0 Å². The van der Waals surface area contributed by atoms with Crippen LogP contribution in [-0.4, -0.2) is 10.2 Å². The highest BCUT2D eigenvalue weighted by molar-refractivity contribution is 8.27. The summed E-state index contributed by atoms with van der Waals surface area (Å²) in [6, 6.07) is 11.2. The fraction of sp³-hybridized carbons (Fsp3) is 0.111. The van der Waals surface area contributed by atoms with Crippen LogP contribution < -0.4 is 4.90 Å². The van der Waals surface area contributed by atoms with E-state index in [-0.39, 0.29) is 5.91 Å². The van der Waals surface area contributed by atoms with Gasteiger partial charge < -0.3 is 0 Å². The Labute approximate surface area is 160 Å². The van der Waals surface area contributed by atoms with Gasteiger partial charge >= 0.3 is 0 Å². The number of thiocarbonyl (C=S) groups is 1. The zero-order valence-corrected chi connectivity index (χ0v) is 16.1. The second kappa shape index (κ2) is 6.89. The average Bonchev–Trinajstić information content (AvgIpc) is 2.80. The molecular weight excluding hydrogens is 381 g/mol. The third-order valence-corrected chi connectivity index (χ3v) is 5.64. The number of hydrogen-bond donors (Lipinski definition) is 0. The van der Waals surface area contributed by atoms with Gasteiger partial charge in [-0.25, -0.2) is 0 Å². The SMILES string of the molecule is Cc1ccc(C)c(N2C(=O)/C(=C/c3c(Cl)cccc3Cl)SC2=S)c1. The molecule has 1 heterocycles. The van der Waals surface area contributed by atoms with E-state index in [1.165, 1.54) is 11.8 Å². The van der Waals surface area contributed by atoms with Gasteiger partial charge in [0.1, 0.15) is 0 Å². The minimum atomic E-state index is -0.158. The summed E-state index contributed by atoms with van der Waals surface area (Å²) >= 11 is 19.1. The van der Waals surface area contributed by atoms with E-state index in [4.69, 9.17) is 35.4 Å². The lowest BCUT2D eigenvalue weighted by molar-refractivity contribution is -0.113. The number of amides is 1. The second-order valence-electron chi connectivity index (χ2n) is 5.44. The maximum atomic E-state index is 12.9. The second-order valence-corrected chi connectivity index (χ2v) is 7.93. The Morgan fingerprint density at radius 3 is 2.46 bits per heavy atom. The number of rotatable bonds is 2. The van der Waals surface area contributed by atoms with E-state index in [1.807, 2.05) is 32.0 Å². The van der Waals surface area contributed by atoms with Gasteiger partial charge in [-0.1, -0.05) is 65.4 Å². The lowest BCUT2D eigenvalue weighted by atomic mass is 10.1. The van der Waals surface area contributed by atoms with Gasteiger partial charge in [0.15, 0.2) is 4.32 Å². The van der Waals surface area contributed by atoms with Gasteiger partial charge in [-0.05, 0) is 49.2 Å². The van der Waals surface area contributed by atoms with Gasteiger partial charge in [-0.2, -0.15) is 0 Å². The number of nitrogens with zero attached hydrogens (tertiary/aromatic N) is 1. The zero-order valence-electron chi connectivity index (χ0n) is 13.0. The van der Waals surface area contributed by atoms with E-state index in [2.05, 4.69) is 0 Å². The highest BCUT2D eigenvalue weighted by atomic mass is 35.5. The van der Waals surface area contributed by atoms with Crippen molar-refractivity contribution in [1.29, 1.82) is 0 Å². The molecule has 0 aromatic heterocycles. The number of halogens is 2. The molecule has 0 aliphatic carbocycles. The quantitative estimate of drug-likeness (QED) is 0.459. The molecule has 0 unspecified atom stereocenters. The van der Waals surface area contributed by atoms with Crippen LogP contribution in [0.15, 0.2) is 41.3 Å². The summed E-state index contributed by atoms with van der Waals surface area (Å²) in [6.45, 7) is 3.95. The van der Waals surface area contributed by atoms with Crippen molar-refractivity contribution in [3.63, 3.8) is 0 Å². The molecule has 0 N–H and O–H groups in total. The summed E-state index contributed by atoms with van der Waals surface area (Å²) in [5.74, 6) is -0.158. The van der Waals surface area contributed by atoms with Crippen molar-refractivity contribution in [2.45, 2.75) is 13.8 Å². The summed E-state index contributed by atoms with van der Waals surface area (Å²) in [4.78, 5) is 14.9. The fourth-order valence-corrected chi connectivity index (χ4v) is 4.19. The molecule has 0 bridgehead atoms. The van der Waals surface area contributed by atoms with E-state index in [1.54, 1.807) is 29.2 Å². The first kappa shape index (κ1) is 17.5. The third-order valence-electron chi connectivity index (χ3n) is 3.67. The van der Waals surface area contributed by atoms with Crippen LogP contribution in [0.4, 0.5) is 5.69 Å².